The van der Waals surface area contributed by atoms with Gasteiger partial charge >= 0.3 is 0 Å². The molecule has 1 amide bonds. The molecule has 3 heterocycles. The number of aromatic nitrogens is 1. The number of H-pyrrole nitrogens is 1. The average molecular weight is 303 g/mol. The summed E-state index contributed by atoms with van der Waals surface area (Å²) >= 11 is 0. The molecule has 2 aromatic carbocycles. The monoisotopic (exact) mass is 303 g/mol. The Labute approximate surface area is 133 Å². The van der Waals surface area contributed by atoms with Crippen LogP contribution in [0.4, 0.5) is 5.69 Å². The molecule has 0 fully saturated rings. The van der Waals surface area contributed by atoms with Crippen molar-refractivity contribution in [2.75, 3.05) is 11.9 Å². The zero-order chi connectivity index (χ0) is 15.6. The van der Waals surface area contributed by atoms with E-state index >= 15 is 0 Å². The van der Waals surface area contributed by atoms with Crippen molar-refractivity contribution in [3.63, 3.8) is 0 Å². The third kappa shape index (κ3) is 1.51. The van der Waals surface area contributed by atoms with E-state index in [0.717, 1.165) is 35.4 Å². The molecule has 0 radical (unpaired) electrons. The van der Waals surface area contributed by atoms with Gasteiger partial charge in [-0.25, -0.2) is 0 Å². The van der Waals surface area contributed by atoms with Crippen LogP contribution in [0.3, 0.4) is 0 Å². The second kappa shape index (κ2) is 4.24. The summed E-state index contributed by atoms with van der Waals surface area (Å²) in [6, 6.07) is 14.4. The van der Waals surface area contributed by atoms with Crippen LogP contribution in [0.1, 0.15) is 22.4 Å². The largest absolute Gasteiger partial charge is 0.356 e. The third-order valence-electron chi connectivity index (χ3n) is 5.12. The van der Waals surface area contributed by atoms with Crippen LogP contribution < -0.4 is 10.6 Å². The Hall–Kier alpha value is -2.59. The van der Waals surface area contributed by atoms with E-state index in [1.54, 1.807) is 0 Å². The maximum absolute atomic E-state index is 12.9. The Balaban J connectivity index is 1.86. The molecule has 5 rings (SSSR count). The van der Waals surface area contributed by atoms with Gasteiger partial charge in [-0.05, 0) is 37.1 Å². The maximum atomic E-state index is 12.9. The second-order valence-electron chi connectivity index (χ2n) is 6.45. The smallest absolute Gasteiger partial charge is 0.255 e. The minimum atomic E-state index is -0.795. The number of anilines is 1. The lowest BCUT2D eigenvalue weighted by Crippen LogP contribution is -2.53. The zero-order valence-corrected chi connectivity index (χ0v) is 12.9. The van der Waals surface area contributed by atoms with Gasteiger partial charge in [-0.2, -0.15) is 0 Å². The van der Waals surface area contributed by atoms with Crippen molar-refractivity contribution in [3.05, 3.63) is 64.8 Å². The van der Waals surface area contributed by atoms with Crippen LogP contribution in [0, 0.1) is 6.92 Å². The number of rotatable bonds is 0. The summed E-state index contributed by atoms with van der Waals surface area (Å²) in [7, 11) is 0. The Morgan fingerprint density at radius 2 is 2.00 bits per heavy atom. The molecule has 114 valence electrons. The highest BCUT2D eigenvalue weighted by atomic mass is 16.2. The molecule has 1 unspecified atom stereocenters. The van der Waals surface area contributed by atoms with Gasteiger partial charge in [0.05, 0.1) is 5.69 Å². The Morgan fingerprint density at radius 1 is 1.13 bits per heavy atom. The fraction of sp³-hybridized carbons (Fsp3) is 0.211. The van der Waals surface area contributed by atoms with Crippen LogP contribution in [0.2, 0.25) is 0 Å². The predicted molar refractivity (Wildman–Crippen MR) is 90.6 cm³/mol. The molecule has 1 spiro atoms. The van der Waals surface area contributed by atoms with Gasteiger partial charge in [-0.1, -0.05) is 29.8 Å². The minimum Gasteiger partial charge on any atom is -0.356 e. The number of para-hydroxylation sites is 1. The van der Waals surface area contributed by atoms with E-state index in [1.165, 1.54) is 16.5 Å². The number of carbonyl (C=O) groups is 1. The number of nitrogens with one attached hydrogen (secondary N) is 3. The van der Waals surface area contributed by atoms with Gasteiger partial charge in [0, 0.05) is 28.7 Å². The lowest BCUT2D eigenvalue weighted by molar-refractivity contribution is -0.120. The summed E-state index contributed by atoms with van der Waals surface area (Å²) < 4.78 is 0. The van der Waals surface area contributed by atoms with E-state index in [1.807, 2.05) is 24.3 Å². The highest BCUT2D eigenvalue weighted by molar-refractivity contribution is 6.09. The molecule has 4 nitrogen and oxygen atoms in total. The summed E-state index contributed by atoms with van der Waals surface area (Å²) in [5.74, 6) is 0.00271. The number of fused-ring (bicyclic) bond motifs is 6. The molecule has 1 atom stereocenters. The fourth-order valence-corrected chi connectivity index (χ4v) is 4.09. The number of amides is 1. The van der Waals surface area contributed by atoms with Crippen molar-refractivity contribution in [2.45, 2.75) is 18.9 Å². The quantitative estimate of drug-likeness (QED) is 0.598. The van der Waals surface area contributed by atoms with Gasteiger partial charge in [0.1, 0.15) is 0 Å². The topological polar surface area (TPSA) is 56.9 Å². The molecule has 23 heavy (non-hydrogen) atoms. The van der Waals surface area contributed by atoms with Crippen LogP contribution in [0.5, 0.6) is 0 Å². The highest BCUT2D eigenvalue weighted by Gasteiger charge is 2.51. The Morgan fingerprint density at radius 3 is 2.91 bits per heavy atom. The number of aromatic amines is 1. The summed E-state index contributed by atoms with van der Waals surface area (Å²) in [5, 5.41) is 7.76. The van der Waals surface area contributed by atoms with Crippen molar-refractivity contribution in [2.24, 2.45) is 0 Å². The lowest BCUT2D eigenvalue weighted by Gasteiger charge is -2.33. The highest BCUT2D eigenvalue weighted by Crippen LogP contribution is 2.45. The molecular weight excluding hydrogens is 286 g/mol. The summed E-state index contributed by atoms with van der Waals surface area (Å²) in [6.07, 6.45) is 0.927. The molecule has 1 aromatic heterocycles. The fourth-order valence-electron chi connectivity index (χ4n) is 4.09. The molecule has 0 aliphatic carbocycles. The van der Waals surface area contributed by atoms with Crippen LogP contribution in [0.25, 0.3) is 10.9 Å². The molecule has 2 aliphatic heterocycles. The van der Waals surface area contributed by atoms with Gasteiger partial charge in [0.2, 0.25) is 0 Å². The summed E-state index contributed by atoms with van der Waals surface area (Å²) in [4.78, 5) is 16.4. The molecular formula is C19H17N3O. The van der Waals surface area contributed by atoms with E-state index < -0.39 is 5.54 Å². The number of aryl methyl sites for hydroxylation is 1. The number of benzene rings is 2. The first-order chi connectivity index (χ1) is 11.2. The van der Waals surface area contributed by atoms with E-state index in [0.29, 0.717) is 0 Å². The van der Waals surface area contributed by atoms with Crippen LogP contribution >= 0.6 is 0 Å². The predicted octanol–water partition coefficient (Wildman–Crippen LogP) is 2.82. The van der Waals surface area contributed by atoms with Gasteiger partial charge < -0.3 is 10.3 Å². The first-order valence-electron chi connectivity index (χ1n) is 7.98. The van der Waals surface area contributed by atoms with E-state index in [-0.39, 0.29) is 5.91 Å². The van der Waals surface area contributed by atoms with Gasteiger partial charge in [0.25, 0.3) is 5.91 Å². The normalized spacial score (nSPS) is 22.2. The van der Waals surface area contributed by atoms with E-state index in [9.17, 15) is 4.79 Å². The first-order valence-corrected chi connectivity index (χ1v) is 7.98. The van der Waals surface area contributed by atoms with Crippen LogP contribution in [-0.2, 0) is 16.8 Å². The van der Waals surface area contributed by atoms with E-state index in [4.69, 9.17) is 0 Å². The summed E-state index contributed by atoms with van der Waals surface area (Å²) in [6.45, 7) is 2.89. The standard InChI is InChI=1S/C19H17N3O/c1-11-6-7-15-13(10-11)12-8-9-20-19(17(12)21-15)14-4-2-3-5-16(14)22-18(19)23/h2-7,10,20-21H,8-9H2,1H3,(H,22,23). The van der Waals surface area contributed by atoms with Crippen molar-refractivity contribution in [3.8, 4) is 0 Å². The average Bonchev–Trinajstić information content (AvgIpc) is 3.06. The SMILES string of the molecule is Cc1ccc2[nH]c3c(c2c1)CCNC31C(=O)Nc2ccccc21. The molecule has 0 saturated carbocycles. The zero-order valence-electron chi connectivity index (χ0n) is 12.9. The molecule has 4 heteroatoms. The minimum absolute atomic E-state index is 0.00271. The van der Waals surface area contributed by atoms with Crippen molar-refractivity contribution < 1.29 is 4.79 Å². The van der Waals surface area contributed by atoms with E-state index in [2.05, 4.69) is 40.7 Å². The van der Waals surface area contributed by atoms with Crippen LogP contribution in [0.15, 0.2) is 42.5 Å². The molecule has 2 aliphatic rings. The number of hydrogen-bond acceptors (Lipinski definition) is 2. The maximum Gasteiger partial charge on any atom is 0.255 e. The van der Waals surface area contributed by atoms with Crippen LogP contribution in [-0.4, -0.2) is 17.4 Å². The third-order valence-corrected chi connectivity index (χ3v) is 5.12. The molecule has 0 saturated heterocycles. The Bertz CT molecular complexity index is 972. The first kappa shape index (κ1) is 12.9. The lowest BCUT2D eigenvalue weighted by atomic mass is 9.82. The molecule has 3 N–H and O–H groups in total. The van der Waals surface area contributed by atoms with Crippen molar-refractivity contribution in [1.29, 1.82) is 0 Å². The number of hydrogen-bond donors (Lipinski definition) is 3. The van der Waals surface area contributed by atoms with Crippen molar-refractivity contribution in [1.82, 2.24) is 10.3 Å². The van der Waals surface area contributed by atoms with Crippen molar-refractivity contribution >= 4 is 22.5 Å². The Kier molecular flexibility index (Phi) is 2.38. The van der Waals surface area contributed by atoms with Gasteiger partial charge in [-0.15, -0.1) is 0 Å². The van der Waals surface area contributed by atoms with Gasteiger partial charge in [0.15, 0.2) is 5.54 Å². The van der Waals surface area contributed by atoms with Gasteiger partial charge in [-0.3, -0.25) is 10.1 Å². The second-order valence-corrected chi connectivity index (χ2v) is 6.45. The molecule has 3 aromatic rings. The summed E-state index contributed by atoms with van der Waals surface area (Å²) in [5.41, 5.74) is 5.70. The number of carbonyl (C=O) groups excluding carboxylic acids is 1. The molecule has 0 bridgehead atoms.